The van der Waals surface area contributed by atoms with Crippen LogP contribution < -0.4 is 16.0 Å². The fraction of sp³-hybridized carbons (Fsp3) is 0.400. The summed E-state index contributed by atoms with van der Waals surface area (Å²) in [6.45, 7) is 5.89. The number of carbonyl (C=O) groups excluding carboxylic acids is 2. The van der Waals surface area contributed by atoms with Crippen LogP contribution in [0.15, 0.2) is 17.0 Å². The monoisotopic (exact) mass is 301 g/mol. The van der Waals surface area contributed by atoms with Gasteiger partial charge < -0.3 is 10.6 Å². The van der Waals surface area contributed by atoms with E-state index < -0.39 is 11.3 Å². The Hall–Kier alpha value is -1.61. The van der Waals surface area contributed by atoms with Gasteiger partial charge in [-0.15, -0.1) is 16.8 Å². The lowest BCUT2D eigenvalue weighted by Crippen LogP contribution is -2.41. The average molecular weight is 301 g/mol. The molecule has 1 rings (SSSR count). The van der Waals surface area contributed by atoms with Gasteiger partial charge in [0, 0.05) is 13.6 Å². The van der Waals surface area contributed by atoms with Crippen molar-refractivity contribution in [2.75, 3.05) is 18.9 Å². The van der Waals surface area contributed by atoms with Gasteiger partial charge in [0.15, 0.2) is 4.34 Å². The van der Waals surface area contributed by atoms with Crippen molar-refractivity contribution in [3.8, 4) is 0 Å². The molecule has 1 aromatic heterocycles. The molecule has 0 saturated carbocycles. The number of imide groups is 1. The molecule has 0 aliphatic rings. The lowest BCUT2D eigenvalue weighted by atomic mass is 10.4. The summed E-state index contributed by atoms with van der Waals surface area (Å²) in [6.07, 6.45) is 1.72. The maximum atomic E-state index is 11.6. The third-order valence-electron chi connectivity index (χ3n) is 1.91. The van der Waals surface area contributed by atoms with Crippen LogP contribution in [0.1, 0.15) is 6.92 Å². The van der Waals surface area contributed by atoms with Crippen LogP contribution in [-0.4, -0.2) is 41.0 Å². The highest BCUT2D eigenvalue weighted by Gasteiger charge is 2.18. The number of rotatable bonds is 6. The number of hydrogen-bond donors (Lipinski definition) is 3. The third kappa shape index (κ3) is 5.26. The molecule has 19 heavy (non-hydrogen) atoms. The van der Waals surface area contributed by atoms with Gasteiger partial charge in [-0.3, -0.25) is 10.1 Å². The minimum atomic E-state index is -0.525. The van der Waals surface area contributed by atoms with E-state index in [2.05, 4.69) is 32.7 Å². The molecule has 0 aliphatic carbocycles. The first-order chi connectivity index (χ1) is 9.06. The third-order valence-corrected chi connectivity index (χ3v) is 3.98. The number of nitrogens with one attached hydrogen (secondary N) is 3. The van der Waals surface area contributed by atoms with Gasteiger partial charge in [-0.2, -0.15) is 0 Å². The number of urea groups is 1. The Labute approximate surface area is 119 Å². The zero-order valence-electron chi connectivity index (χ0n) is 10.6. The van der Waals surface area contributed by atoms with Crippen LogP contribution in [-0.2, 0) is 4.79 Å². The molecule has 1 aromatic rings. The average Bonchev–Trinajstić information content (AvgIpc) is 2.83. The van der Waals surface area contributed by atoms with E-state index in [0.717, 1.165) is 0 Å². The number of hydrogen-bond acceptors (Lipinski definition) is 7. The number of aromatic nitrogens is 2. The molecule has 7 nitrogen and oxygen atoms in total. The first-order valence-corrected chi connectivity index (χ1v) is 7.14. The minimum absolute atomic E-state index is 0.375. The Kier molecular flexibility index (Phi) is 6.30. The van der Waals surface area contributed by atoms with Crippen LogP contribution in [0.4, 0.5) is 9.93 Å². The Morgan fingerprint density at radius 3 is 2.89 bits per heavy atom. The Morgan fingerprint density at radius 2 is 2.26 bits per heavy atom. The fourth-order valence-electron chi connectivity index (χ4n) is 0.969. The quantitative estimate of drug-likeness (QED) is 0.537. The summed E-state index contributed by atoms with van der Waals surface area (Å²) in [7, 11) is 1.45. The van der Waals surface area contributed by atoms with Gasteiger partial charge in [0.2, 0.25) is 11.0 Å². The van der Waals surface area contributed by atoms with E-state index in [1.54, 1.807) is 13.0 Å². The van der Waals surface area contributed by atoms with E-state index in [-0.39, 0.29) is 5.91 Å². The number of amides is 3. The van der Waals surface area contributed by atoms with Crippen molar-refractivity contribution >= 4 is 40.2 Å². The molecule has 0 radical (unpaired) electrons. The van der Waals surface area contributed by atoms with E-state index in [0.29, 0.717) is 16.0 Å². The van der Waals surface area contributed by atoms with Gasteiger partial charge in [-0.05, 0) is 6.92 Å². The van der Waals surface area contributed by atoms with Crippen molar-refractivity contribution in [2.24, 2.45) is 0 Å². The zero-order chi connectivity index (χ0) is 14.3. The van der Waals surface area contributed by atoms with Crippen LogP contribution >= 0.6 is 23.1 Å². The van der Waals surface area contributed by atoms with Crippen LogP contribution in [0.25, 0.3) is 0 Å². The van der Waals surface area contributed by atoms with Crippen molar-refractivity contribution in [3.05, 3.63) is 12.7 Å². The number of nitrogens with zero attached hydrogens (tertiary/aromatic N) is 2. The van der Waals surface area contributed by atoms with Crippen molar-refractivity contribution in [1.29, 1.82) is 0 Å². The van der Waals surface area contributed by atoms with Crippen molar-refractivity contribution in [1.82, 2.24) is 20.8 Å². The summed E-state index contributed by atoms with van der Waals surface area (Å²) in [5.74, 6) is -0.375. The molecule has 3 amide bonds. The standard InChI is InChI=1S/C10H15N5O2S2/c1-4-5-12-9-14-15-10(19-9)18-6(2)7(16)13-8(17)11-3/h4,6H,1,5H2,2-3H3,(H,12,14)(H2,11,13,16,17). The van der Waals surface area contributed by atoms with Gasteiger partial charge in [-0.25, -0.2) is 4.79 Å². The molecule has 9 heteroatoms. The van der Waals surface area contributed by atoms with Gasteiger partial charge in [0.1, 0.15) is 0 Å². The number of carbonyl (C=O) groups is 2. The molecule has 3 N–H and O–H groups in total. The molecule has 1 unspecified atom stereocenters. The summed E-state index contributed by atoms with van der Waals surface area (Å²) in [5, 5.41) is 15.6. The summed E-state index contributed by atoms with van der Waals surface area (Å²) >= 11 is 2.59. The topological polar surface area (TPSA) is 96.0 Å². The summed E-state index contributed by atoms with van der Waals surface area (Å²) in [4.78, 5) is 22.6. The van der Waals surface area contributed by atoms with Crippen LogP contribution in [0.3, 0.4) is 0 Å². The second-order valence-corrected chi connectivity index (χ2v) is 5.94. The van der Waals surface area contributed by atoms with Crippen molar-refractivity contribution in [2.45, 2.75) is 16.5 Å². The van der Waals surface area contributed by atoms with Gasteiger partial charge in [0.25, 0.3) is 0 Å². The fourth-order valence-corrected chi connectivity index (χ4v) is 2.87. The SMILES string of the molecule is C=CCNc1nnc(SC(C)C(=O)NC(=O)NC)s1. The van der Waals surface area contributed by atoms with Crippen LogP contribution in [0.5, 0.6) is 0 Å². The Bertz CT molecular complexity index is 463. The predicted molar refractivity (Wildman–Crippen MR) is 76.5 cm³/mol. The lowest BCUT2D eigenvalue weighted by molar-refractivity contribution is -0.119. The maximum Gasteiger partial charge on any atom is 0.321 e. The highest BCUT2D eigenvalue weighted by Crippen LogP contribution is 2.28. The number of anilines is 1. The molecule has 1 atom stereocenters. The van der Waals surface area contributed by atoms with Gasteiger partial charge in [0.05, 0.1) is 5.25 Å². The predicted octanol–water partition coefficient (Wildman–Crippen LogP) is 1.07. The Balaban J connectivity index is 2.49. The molecule has 0 fully saturated rings. The second kappa shape index (κ2) is 7.74. The van der Waals surface area contributed by atoms with Crippen molar-refractivity contribution < 1.29 is 9.59 Å². The summed E-state index contributed by atoms with van der Waals surface area (Å²) in [6, 6.07) is -0.525. The lowest BCUT2D eigenvalue weighted by Gasteiger charge is -2.08. The normalized spacial score (nSPS) is 11.5. The molecule has 0 saturated heterocycles. The molecular weight excluding hydrogens is 286 g/mol. The minimum Gasteiger partial charge on any atom is -0.357 e. The maximum absolute atomic E-state index is 11.6. The molecule has 1 heterocycles. The summed E-state index contributed by atoms with van der Waals surface area (Å²) in [5.41, 5.74) is 0. The first-order valence-electron chi connectivity index (χ1n) is 5.44. The molecule has 0 aromatic carbocycles. The zero-order valence-corrected chi connectivity index (χ0v) is 12.2. The van der Waals surface area contributed by atoms with E-state index in [9.17, 15) is 9.59 Å². The van der Waals surface area contributed by atoms with E-state index in [1.807, 2.05) is 0 Å². The largest absolute Gasteiger partial charge is 0.357 e. The highest BCUT2D eigenvalue weighted by molar-refractivity contribution is 8.02. The number of thioether (sulfide) groups is 1. The van der Waals surface area contributed by atoms with E-state index in [4.69, 9.17) is 0 Å². The second-order valence-electron chi connectivity index (χ2n) is 3.37. The molecule has 0 bridgehead atoms. The molecule has 104 valence electrons. The van der Waals surface area contributed by atoms with Crippen molar-refractivity contribution in [3.63, 3.8) is 0 Å². The van der Waals surface area contributed by atoms with E-state index >= 15 is 0 Å². The Morgan fingerprint density at radius 1 is 1.53 bits per heavy atom. The molecule has 0 aliphatic heterocycles. The van der Waals surface area contributed by atoms with Gasteiger partial charge in [-0.1, -0.05) is 29.2 Å². The molecular formula is C10H15N5O2S2. The van der Waals surface area contributed by atoms with Crippen LogP contribution in [0.2, 0.25) is 0 Å². The smallest absolute Gasteiger partial charge is 0.321 e. The molecule has 0 spiro atoms. The van der Waals surface area contributed by atoms with Gasteiger partial charge >= 0.3 is 6.03 Å². The highest BCUT2D eigenvalue weighted by atomic mass is 32.2. The van der Waals surface area contributed by atoms with E-state index in [1.165, 1.54) is 30.1 Å². The van der Waals surface area contributed by atoms with Crippen LogP contribution in [0, 0.1) is 0 Å². The summed E-state index contributed by atoms with van der Waals surface area (Å²) < 4.78 is 0.658. The first kappa shape index (κ1) is 15.4.